The normalized spacial score (nSPS) is 18.7. The average molecular weight is 420 g/mol. The zero-order valence-electron chi connectivity index (χ0n) is 16.8. The molecule has 1 aliphatic carbocycles. The van der Waals surface area contributed by atoms with Crippen LogP contribution in [0.1, 0.15) is 27.8 Å². The summed E-state index contributed by atoms with van der Waals surface area (Å²) in [4.78, 5) is 0. The first-order chi connectivity index (χ1) is 15.0. The van der Waals surface area contributed by atoms with Crippen LogP contribution in [-0.2, 0) is 0 Å². The lowest BCUT2D eigenvalue weighted by Gasteiger charge is -2.23. The Hall–Kier alpha value is -3.40. The summed E-state index contributed by atoms with van der Waals surface area (Å²) in [5, 5.41) is 0. The quantitative estimate of drug-likeness (QED) is 0.301. The summed E-state index contributed by atoms with van der Waals surface area (Å²) in [5.41, 5.74) is 2.95. The van der Waals surface area contributed by atoms with Gasteiger partial charge in [-0.05, 0) is 40.3 Å². The van der Waals surface area contributed by atoms with Crippen LogP contribution in [0.5, 0.6) is 0 Å². The lowest BCUT2D eigenvalue weighted by Crippen LogP contribution is -2.23. The highest BCUT2D eigenvalue weighted by Crippen LogP contribution is 2.36. The van der Waals surface area contributed by atoms with Gasteiger partial charge in [0.1, 0.15) is 0 Å². The van der Waals surface area contributed by atoms with Gasteiger partial charge in [0, 0.05) is 5.56 Å². The maximum Gasteiger partial charge on any atom is 0.166 e. The number of aryl methyl sites for hydroxylation is 1. The number of allylic oxidation sites excluding steroid dienone is 4. The van der Waals surface area contributed by atoms with Crippen molar-refractivity contribution in [1.29, 1.82) is 0 Å². The third-order valence-corrected chi connectivity index (χ3v) is 5.41. The van der Waals surface area contributed by atoms with Gasteiger partial charge in [0.05, 0.1) is 0 Å². The van der Waals surface area contributed by atoms with Gasteiger partial charge in [-0.15, -0.1) is 0 Å². The van der Waals surface area contributed by atoms with E-state index in [2.05, 4.69) is 0 Å². The van der Waals surface area contributed by atoms with Gasteiger partial charge < -0.3 is 0 Å². The first kappa shape index (κ1) is 20.9. The van der Waals surface area contributed by atoms with Gasteiger partial charge >= 0.3 is 0 Å². The van der Waals surface area contributed by atoms with Crippen LogP contribution in [0.15, 0.2) is 78.9 Å². The molecule has 0 saturated carbocycles. The van der Waals surface area contributed by atoms with Gasteiger partial charge in [0.25, 0.3) is 0 Å². The molecule has 156 valence electrons. The number of benzene rings is 3. The summed E-state index contributed by atoms with van der Waals surface area (Å²) in [6.07, 6.45) is 2.83. The molecule has 4 heteroatoms. The molecule has 0 spiro atoms. The molecule has 0 heterocycles. The molecule has 0 radical (unpaired) electrons. The molecule has 3 aromatic rings. The predicted octanol–water partition coefficient (Wildman–Crippen LogP) is 7.60. The monoisotopic (exact) mass is 420 g/mol. The van der Waals surface area contributed by atoms with Crippen molar-refractivity contribution in [3.8, 4) is 0 Å². The Morgan fingerprint density at radius 3 is 1.84 bits per heavy atom. The molecule has 3 aromatic carbocycles. The highest BCUT2D eigenvalue weighted by Gasteiger charge is 2.31. The molecule has 31 heavy (non-hydrogen) atoms. The number of hydrogen-bond acceptors (Lipinski definition) is 0. The molecule has 0 aromatic heterocycles. The topological polar surface area (TPSA) is 0 Å². The van der Waals surface area contributed by atoms with E-state index >= 15 is 0 Å². The van der Waals surface area contributed by atoms with Gasteiger partial charge in [-0.25, -0.2) is 17.6 Å². The van der Waals surface area contributed by atoms with Crippen molar-refractivity contribution in [3.05, 3.63) is 118 Å². The van der Waals surface area contributed by atoms with Crippen LogP contribution in [-0.4, -0.2) is 12.3 Å². The standard InChI is InChI=1S/C27H20F4/c1-17-7-11-21(25(29)24(17)28)14-10-18-8-12-20(13-9-18)23-16-15-22(26(30)27(23)31)19-5-3-2-4-6-19/h2-16,26-27H,1H3/b14-10+. The Balaban J connectivity index is 1.56. The number of alkyl halides is 2. The van der Waals surface area contributed by atoms with Crippen molar-refractivity contribution in [2.75, 3.05) is 0 Å². The molecule has 0 nitrogen and oxygen atoms in total. The van der Waals surface area contributed by atoms with E-state index in [9.17, 15) is 17.6 Å². The fourth-order valence-electron chi connectivity index (χ4n) is 3.58. The van der Waals surface area contributed by atoms with E-state index in [1.54, 1.807) is 66.8 Å². The van der Waals surface area contributed by atoms with E-state index in [1.807, 2.05) is 6.07 Å². The molecule has 2 unspecified atom stereocenters. The molecule has 4 rings (SSSR count). The zero-order valence-corrected chi connectivity index (χ0v) is 16.8. The van der Waals surface area contributed by atoms with Crippen LogP contribution in [0.2, 0.25) is 0 Å². The third-order valence-electron chi connectivity index (χ3n) is 5.41. The molecule has 0 fully saturated rings. The smallest absolute Gasteiger partial charge is 0.166 e. The Bertz CT molecular complexity index is 1170. The Labute approximate surface area is 178 Å². The van der Waals surface area contributed by atoms with E-state index in [0.29, 0.717) is 16.7 Å². The molecule has 0 N–H and O–H groups in total. The fraction of sp³-hybridized carbons (Fsp3) is 0.111. The Morgan fingerprint density at radius 1 is 0.645 bits per heavy atom. The summed E-state index contributed by atoms with van der Waals surface area (Å²) < 4.78 is 57.3. The largest absolute Gasteiger partial charge is 0.239 e. The maximum atomic E-state index is 14.9. The zero-order chi connectivity index (χ0) is 22.0. The molecule has 0 aliphatic heterocycles. The van der Waals surface area contributed by atoms with E-state index < -0.39 is 24.0 Å². The van der Waals surface area contributed by atoms with E-state index in [0.717, 1.165) is 5.56 Å². The van der Waals surface area contributed by atoms with Crippen LogP contribution >= 0.6 is 0 Å². The third kappa shape index (κ3) is 4.24. The van der Waals surface area contributed by atoms with Crippen molar-refractivity contribution < 1.29 is 17.6 Å². The first-order valence-corrected chi connectivity index (χ1v) is 9.94. The summed E-state index contributed by atoms with van der Waals surface area (Å²) in [5.74, 6) is -1.75. The Kier molecular flexibility index (Phi) is 5.90. The minimum absolute atomic E-state index is 0.143. The van der Waals surface area contributed by atoms with Gasteiger partial charge in [-0.1, -0.05) is 91.0 Å². The second-order valence-corrected chi connectivity index (χ2v) is 7.47. The van der Waals surface area contributed by atoms with Crippen molar-refractivity contribution in [2.45, 2.75) is 19.3 Å². The van der Waals surface area contributed by atoms with Gasteiger partial charge in [-0.2, -0.15) is 0 Å². The van der Waals surface area contributed by atoms with E-state index in [4.69, 9.17) is 0 Å². The molecule has 0 bridgehead atoms. The van der Waals surface area contributed by atoms with Crippen molar-refractivity contribution >= 4 is 23.3 Å². The maximum absolute atomic E-state index is 14.9. The minimum Gasteiger partial charge on any atom is -0.239 e. The van der Waals surface area contributed by atoms with Crippen LogP contribution in [0.3, 0.4) is 0 Å². The van der Waals surface area contributed by atoms with Gasteiger partial charge in [0.15, 0.2) is 24.0 Å². The molecule has 1 aliphatic rings. The van der Waals surface area contributed by atoms with Gasteiger partial charge in [0.2, 0.25) is 0 Å². The Morgan fingerprint density at radius 2 is 1.23 bits per heavy atom. The molecular weight excluding hydrogens is 400 g/mol. The number of hydrogen-bond donors (Lipinski definition) is 0. The predicted molar refractivity (Wildman–Crippen MR) is 119 cm³/mol. The summed E-state index contributed by atoms with van der Waals surface area (Å²) in [6.45, 7) is 1.50. The summed E-state index contributed by atoms with van der Waals surface area (Å²) in [6, 6.07) is 18.8. The lowest BCUT2D eigenvalue weighted by molar-refractivity contribution is 0.262. The van der Waals surface area contributed by atoms with Crippen LogP contribution < -0.4 is 0 Å². The van der Waals surface area contributed by atoms with E-state index in [1.165, 1.54) is 25.1 Å². The SMILES string of the molecule is Cc1ccc(/C=C/c2ccc(C3=CC=C(c4ccccc4)C(F)C3F)cc2)c(F)c1F. The second kappa shape index (κ2) is 8.76. The van der Waals surface area contributed by atoms with Crippen molar-refractivity contribution in [2.24, 2.45) is 0 Å². The second-order valence-electron chi connectivity index (χ2n) is 7.47. The van der Waals surface area contributed by atoms with Crippen molar-refractivity contribution in [3.63, 3.8) is 0 Å². The van der Waals surface area contributed by atoms with Crippen LogP contribution in [0, 0.1) is 18.6 Å². The van der Waals surface area contributed by atoms with E-state index in [-0.39, 0.29) is 16.7 Å². The fourth-order valence-corrected chi connectivity index (χ4v) is 3.58. The van der Waals surface area contributed by atoms with Crippen LogP contribution in [0.4, 0.5) is 17.6 Å². The molecular formula is C27H20F4. The van der Waals surface area contributed by atoms with Crippen molar-refractivity contribution in [1.82, 2.24) is 0 Å². The minimum atomic E-state index is -1.77. The lowest BCUT2D eigenvalue weighted by atomic mass is 9.87. The van der Waals surface area contributed by atoms with Gasteiger partial charge in [-0.3, -0.25) is 0 Å². The first-order valence-electron chi connectivity index (χ1n) is 9.94. The number of rotatable bonds is 4. The number of halogens is 4. The molecule has 0 amide bonds. The molecule has 2 atom stereocenters. The average Bonchev–Trinajstić information content (AvgIpc) is 2.80. The summed E-state index contributed by atoms with van der Waals surface area (Å²) in [7, 11) is 0. The summed E-state index contributed by atoms with van der Waals surface area (Å²) >= 11 is 0. The highest BCUT2D eigenvalue weighted by atomic mass is 19.2. The van der Waals surface area contributed by atoms with Crippen LogP contribution in [0.25, 0.3) is 23.3 Å². The molecule has 0 saturated heterocycles. The highest BCUT2D eigenvalue weighted by molar-refractivity contribution is 5.83.